The van der Waals surface area contributed by atoms with E-state index in [1.165, 1.54) is 0 Å². The molecule has 0 aromatic rings. The van der Waals surface area contributed by atoms with Gasteiger partial charge in [0.05, 0.1) is 0 Å². The van der Waals surface area contributed by atoms with Gasteiger partial charge >= 0.3 is 11.8 Å². The van der Waals surface area contributed by atoms with E-state index in [1.54, 1.807) is 17.2 Å². The molecule has 0 saturated carbocycles. The van der Waals surface area contributed by atoms with Gasteiger partial charge in [-0.25, -0.2) is 5.84 Å². The lowest BCUT2D eigenvalue weighted by molar-refractivity contribution is -0.139. The molecule has 0 aliphatic rings. The van der Waals surface area contributed by atoms with Crippen LogP contribution in [0.5, 0.6) is 0 Å². The zero-order valence-corrected chi connectivity index (χ0v) is 10.2. The molecule has 0 aromatic carbocycles. The quantitative estimate of drug-likeness (QED) is 0.270. The Kier molecular flexibility index (Phi) is 6.35. The van der Waals surface area contributed by atoms with E-state index in [0.717, 1.165) is 12.8 Å². The molecule has 0 atom stereocenters. The molecule has 0 radical (unpaired) electrons. The monoisotopic (exact) mass is 233 g/mol. The lowest BCUT2D eigenvalue weighted by Gasteiger charge is -2.29. The van der Waals surface area contributed by atoms with Crippen molar-refractivity contribution in [2.45, 2.75) is 31.4 Å². The lowest BCUT2D eigenvalue weighted by atomic mass is 10.0. The van der Waals surface area contributed by atoms with Crippen LogP contribution in [-0.4, -0.2) is 29.4 Å². The number of carbonyl (C=O) groups excluding carboxylic acids is 2. The first kappa shape index (κ1) is 14.2. The van der Waals surface area contributed by atoms with Crippen molar-refractivity contribution in [3.8, 4) is 0 Å². The van der Waals surface area contributed by atoms with E-state index in [0.29, 0.717) is 6.54 Å². The van der Waals surface area contributed by atoms with Crippen molar-refractivity contribution >= 4 is 23.6 Å². The van der Waals surface area contributed by atoms with Gasteiger partial charge in [-0.2, -0.15) is 11.8 Å². The maximum absolute atomic E-state index is 11.2. The Morgan fingerprint density at radius 1 is 1.27 bits per heavy atom. The van der Waals surface area contributed by atoms with E-state index in [4.69, 9.17) is 5.84 Å². The van der Waals surface area contributed by atoms with Crippen LogP contribution in [0.3, 0.4) is 0 Å². The van der Waals surface area contributed by atoms with Gasteiger partial charge in [0.1, 0.15) is 0 Å². The van der Waals surface area contributed by atoms with Crippen molar-refractivity contribution in [2.75, 3.05) is 12.8 Å². The maximum Gasteiger partial charge on any atom is 0.323 e. The third kappa shape index (κ3) is 4.09. The van der Waals surface area contributed by atoms with Crippen LogP contribution in [0.4, 0.5) is 0 Å². The molecule has 5 nitrogen and oxygen atoms in total. The molecule has 0 saturated heterocycles. The summed E-state index contributed by atoms with van der Waals surface area (Å²) >= 11 is 1.70. The highest BCUT2D eigenvalue weighted by atomic mass is 32.2. The van der Waals surface area contributed by atoms with Crippen molar-refractivity contribution in [1.82, 2.24) is 10.7 Å². The molecule has 0 aliphatic heterocycles. The molecule has 4 N–H and O–H groups in total. The third-order valence-corrected chi connectivity index (χ3v) is 4.22. The van der Waals surface area contributed by atoms with E-state index < -0.39 is 11.8 Å². The van der Waals surface area contributed by atoms with Crippen LogP contribution in [-0.2, 0) is 9.59 Å². The van der Waals surface area contributed by atoms with E-state index in [9.17, 15) is 9.59 Å². The fourth-order valence-corrected chi connectivity index (χ4v) is 2.04. The molecular formula is C9H19N3O2S. The van der Waals surface area contributed by atoms with Gasteiger partial charge in [-0.05, 0) is 19.1 Å². The predicted molar refractivity (Wildman–Crippen MR) is 62.2 cm³/mol. The van der Waals surface area contributed by atoms with Crippen LogP contribution in [0, 0.1) is 0 Å². The number of rotatable bonds is 5. The first-order valence-corrected chi connectivity index (χ1v) is 6.11. The average Bonchev–Trinajstić information content (AvgIpc) is 2.30. The molecule has 0 fully saturated rings. The summed E-state index contributed by atoms with van der Waals surface area (Å²) in [5.74, 6) is 3.35. The summed E-state index contributed by atoms with van der Waals surface area (Å²) in [6, 6.07) is 0. The third-order valence-electron chi connectivity index (χ3n) is 2.63. The molecule has 0 unspecified atom stereocenters. The molecule has 0 bridgehead atoms. The number of nitrogens with one attached hydrogen (secondary N) is 2. The first-order chi connectivity index (χ1) is 7.05. The molecule has 0 aromatic heterocycles. The van der Waals surface area contributed by atoms with Gasteiger partial charge in [0, 0.05) is 11.3 Å². The van der Waals surface area contributed by atoms with Crippen molar-refractivity contribution in [3.63, 3.8) is 0 Å². The van der Waals surface area contributed by atoms with Crippen LogP contribution < -0.4 is 16.6 Å². The summed E-state index contributed by atoms with van der Waals surface area (Å²) in [5, 5.41) is 2.58. The largest absolute Gasteiger partial charge is 0.346 e. The van der Waals surface area contributed by atoms with Crippen molar-refractivity contribution in [1.29, 1.82) is 0 Å². The molecular weight excluding hydrogens is 214 g/mol. The Balaban J connectivity index is 4.22. The minimum absolute atomic E-state index is 0.00450. The van der Waals surface area contributed by atoms with Gasteiger partial charge in [-0.1, -0.05) is 13.8 Å². The van der Waals surface area contributed by atoms with Gasteiger partial charge in [0.2, 0.25) is 0 Å². The van der Waals surface area contributed by atoms with E-state index >= 15 is 0 Å². The standard InChI is InChI=1S/C9H19N3O2S/c1-4-9(5-2,15-3)6-11-7(13)8(14)12-10/h4-6,10H2,1-3H3,(H,11,13)(H,12,14). The number of nitrogens with two attached hydrogens (primary N) is 1. The molecule has 0 heterocycles. The Hall–Kier alpha value is -0.750. The summed E-state index contributed by atoms with van der Waals surface area (Å²) < 4.78 is 0.00450. The van der Waals surface area contributed by atoms with Crippen LogP contribution >= 0.6 is 11.8 Å². The molecule has 15 heavy (non-hydrogen) atoms. The second kappa shape index (κ2) is 6.68. The second-order valence-electron chi connectivity index (χ2n) is 3.25. The molecule has 2 amide bonds. The topological polar surface area (TPSA) is 84.2 Å². The number of hydrogen-bond acceptors (Lipinski definition) is 4. The number of carbonyl (C=O) groups is 2. The molecule has 0 rings (SSSR count). The minimum Gasteiger partial charge on any atom is -0.346 e. The van der Waals surface area contributed by atoms with E-state index in [1.807, 2.05) is 6.26 Å². The zero-order chi connectivity index (χ0) is 11.9. The van der Waals surface area contributed by atoms with Gasteiger partial charge in [0.25, 0.3) is 0 Å². The van der Waals surface area contributed by atoms with E-state index in [-0.39, 0.29) is 4.75 Å². The second-order valence-corrected chi connectivity index (χ2v) is 4.52. The Morgan fingerprint density at radius 2 is 1.80 bits per heavy atom. The smallest absolute Gasteiger partial charge is 0.323 e. The molecule has 0 spiro atoms. The van der Waals surface area contributed by atoms with Crippen LogP contribution in [0.1, 0.15) is 26.7 Å². The highest BCUT2D eigenvalue weighted by Gasteiger charge is 2.26. The van der Waals surface area contributed by atoms with Gasteiger partial charge in [-0.3, -0.25) is 15.0 Å². The highest BCUT2D eigenvalue weighted by Crippen LogP contribution is 2.29. The highest BCUT2D eigenvalue weighted by molar-refractivity contribution is 8.00. The Bertz CT molecular complexity index is 221. The summed E-state index contributed by atoms with van der Waals surface area (Å²) in [4.78, 5) is 22.0. The van der Waals surface area contributed by atoms with Crippen LogP contribution in [0.2, 0.25) is 0 Å². The summed E-state index contributed by atoms with van der Waals surface area (Å²) in [6.45, 7) is 4.61. The fourth-order valence-electron chi connectivity index (χ4n) is 1.25. The first-order valence-electron chi connectivity index (χ1n) is 4.89. The summed E-state index contributed by atoms with van der Waals surface area (Å²) in [6.07, 6.45) is 3.88. The molecule has 88 valence electrons. The SMILES string of the molecule is CCC(CC)(CNC(=O)C(=O)NN)SC. The average molecular weight is 233 g/mol. The predicted octanol–water partition coefficient (Wildman–Crippen LogP) is 0.0143. The number of hydrazine groups is 1. The van der Waals surface area contributed by atoms with Crippen LogP contribution in [0.15, 0.2) is 0 Å². The molecule has 0 aliphatic carbocycles. The summed E-state index contributed by atoms with van der Waals surface area (Å²) in [5.41, 5.74) is 1.80. The normalized spacial score (nSPS) is 10.9. The number of amides is 2. The Labute approximate surface area is 94.5 Å². The maximum atomic E-state index is 11.2. The summed E-state index contributed by atoms with van der Waals surface area (Å²) in [7, 11) is 0. The van der Waals surface area contributed by atoms with E-state index in [2.05, 4.69) is 19.2 Å². The van der Waals surface area contributed by atoms with Crippen molar-refractivity contribution < 1.29 is 9.59 Å². The number of thioether (sulfide) groups is 1. The number of hydrogen-bond donors (Lipinski definition) is 3. The molecule has 6 heteroatoms. The van der Waals surface area contributed by atoms with Gasteiger partial charge in [-0.15, -0.1) is 0 Å². The van der Waals surface area contributed by atoms with Gasteiger partial charge in [0.15, 0.2) is 0 Å². The van der Waals surface area contributed by atoms with Crippen LogP contribution in [0.25, 0.3) is 0 Å². The zero-order valence-electron chi connectivity index (χ0n) is 9.42. The Morgan fingerprint density at radius 3 is 2.13 bits per heavy atom. The van der Waals surface area contributed by atoms with Crippen molar-refractivity contribution in [3.05, 3.63) is 0 Å². The fraction of sp³-hybridized carbons (Fsp3) is 0.778. The van der Waals surface area contributed by atoms with Gasteiger partial charge < -0.3 is 5.32 Å². The lowest BCUT2D eigenvalue weighted by Crippen LogP contribution is -2.47. The van der Waals surface area contributed by atoms with Crippen molar-refractivity contribution in [2.24, 2.45) is 5.84 Å². The minimum atomic E-state index is -0.808.